The van der Waals surface area contributed by atoms with Crippen molar-refractivity contribution in [2.75, 3.05) is 13.2 Å². The molecule has 6 heteroatoms. The Kier molecular flexibility index (Phi) is 74.3. The summed E-state index contributed by atoms with van der Waals surface area (Å²) in [4.78, 5) is 24.7. The molecule has 0 aliphatic carbocycles. The number of ether oxygens (including phenoxy) is 1. The monoisotopic (exact) mass is 1210 g/mol. The molecule has 0 rings (SSSR count). The van der Waals surface area contributed by atoms with Gasteiger partial charge in [-0.05, 0) is 77.0 Å². The van der Waals surface area contributed by atoms with Gasteiger partial charge in [-0.2, -0.15) is 0 Å². The van der Waals surface area contributed by atoms with Crippen LogP contribution >= 0.6 is 0 Å². The molecule has 2 atom stereocenters. The number of allylic oxidation sites excluding steroid dienone is 4. The zero-order chi connectivity index (χ0) is 62.0. The van der Waals surface area contributed by atoms with Crippen LogP contribution in [0.15, 0.2) is 24.3 Å². The van der Waals surface area contributed by atoms with Crippen LogP contribution in [0.3, 0.4) is 0 Å². The highest BCUT2D eigenvalue weighted by Crippen LogP contribution is 2.20. The molecule has 3 N–H and O–H groups in total. The van der Waals surface area contributed by atoms with E-state index < -0.39 is 12.1 Å². The Morgan fingerprint density at radius 2 is 0.547 bits per heavy atom. The van der Waals surface area contributed by atoms with Crippen molar-refractivity contribution in [1.82, 2.24) is 5.32 Å². The third-order valence-electron chi connectivity index (χ3n) is 18.7. The number of aliphatic hydroxyl groups is 2. The van der Waals surface area contributed by atoms with Crippen LogP contribution in [0.25, 0.3) is 0 Å². The van der Waals surface area contributed by atoms with Gasteiger partial charge >= 0.3 is 5.97 Å². The predicted molar refractivity (Wildman–Crippen MR) is 380 cm³/mol. The lowest BCUT2D eigenvalue weighted by molar-refractivity contribution is -0.143. The molecule has 0 bridgehead atoms. The van der Waals surface area contributed by atoms with E-state index in [1.807, 2.05) is 0 Å². The number of carbonyl (C=O) groups excluding carboxylic acids is 2. The molecule has 0 heterocycles. The molecule has 0 saturated heterocycles. The molecule has 510 valence electrons. The van der Waals surface area contributed by atoms with E-state index >= 15 is 0 Å². The van der Waals surface area contributed by atoms with Gasteiger partial charge in [-0.15, -0.1) is 0 Å². The van der Waals surface area contributed by atoms with E-state index in [1.54, 1.807) is 0 Å². The molecule has 0 saturated carbocycles. The summed E-state index contributed by atoms with van der Waals surface area (Å²) in [7, 11) is 0. The number of aliphatic hydroxyl groups excluding tert-OH is 2. The molecule has 2 unspecified atom stereocenters. The highest BCUT2D eigenvalue weighted by molar-refractivity contribution is 5.76. The summed E-state index contributed by atoms with van der Waals surface area (Å²) in [5, 5.41) is 23.4. The first-order valence-corrected chi connectivity index (χ1v) is 39.6. The minimum atomic E-state index is -0.663. The average Bonchev–Trinajstić information content (AvgIpc) is 3.54. The largest absolute Gasteiger partial charge is 0.466 e. The summed E-state index contributed by atoms with van der Waals surface area (Å²) >= 11 is 0. The van der Waals surface area contributed by atoms with Crippen molar-refractivity contribution in [3.63, 3.8) is 0 Å². The summed E-state index contributed by atoms with van der Waals surface area (Å²) in [6.45, 7) is 5.00. The minimum absolute atomic E-state index is 0.0123. The topological polar surface area (TPSA) is 95.9 Å². The second kappa shape index (κ2) is 75.8. The van der Waals surface area contributed by atoms with Gasteiger partial charge in [0, 0.05) is 12.8 Å². The molecule has 0 fully saturated rings. The third-order valence-corrected chi connectivity index (χ3v) is 18.7. The molecule has 0 aromatic heterocycles. The Morgan fingerprint density at radius 1 is 0.314 bits per heavy atom. The van der Waals surface area contributed by atoms with E-state index in [9.17, 15) is 19.8 Å². The van der Waals surface area contributed by atoms with Crippen LogP contribution < -0.4 is 5.32 Å². The Labute approximate surface area is 539 Å². The van der Waals surface area contributed by atoms with Crippen LogP contribution in [0.2, 0.25) is 0 Å². The van der Waals surface area contributed by atoms with Crippen molar-refractivity contribution in [1.29, 1.82) is 0 Å². The number of rotatable bonds is 75. The fourth-order valence-corrected chi connectivity index (χ4v) is 12.7. The molecular formula is C80H155NO5. The van der Waals surface area contributed by atoms with Gasteiger partial charge in [0.15, 0.2) is 0 Å². The quantitative estimate of drug-likeness (QED) is 0.0320. The fourth-order valence-electron chi connectivity index (χ4n) is 12.7. The van der Waals surface area contributed by atoms with Crippen molar-refractivity contribution in [3.8, 4) is 0 Å². The lowest BCUT2D eigenvalue weighted by Gasteiger charge is -2.22. The maximum absolute atomic E-state index is 12.6. The van der Waals surface area contributed by atoms with Crippen LogP contribution in [0, 0.1) is 0 Å². The normalized spacial score (nSPS) is 12.6. The maximum atomic E-state index is 12.6. The number of carbonyl (C=O) groups is 2. The van der Waals surface area contributed by atoms with Gasteiger partial charge in [0.05, 0.1) is 25.4 Å². The van der Waals surface area contributed by atoms with E-state index in [0.29, 0.717) is 25.9 Å². The summed E-state index contributed by atoms with van der Waals surface area (Å²) in [6, 6.07) is -0.540. The molecule has 0 aliphatic heterocycles. The smallest absolute Gasteiger partial charge is 0.305 e. The Hall–Kier alpha value is -1.66. The highest BCUT2D eigenvalue weighted by Gasteiger charge is 2.20. The molecule has 0 aliphatic rings. The van der Waals surface area contributed by atoms with Crippen LogP contribution in [0.5, 0.6) is 0 Å². The fraction of sp³-hybridized carbons (Fsp3) is 0.925. The molecule has 0 aromatic carbocycles. The van der Waals surface area contributed by atoms with Gasteiger partial charge < -0.3 is 20.3 Å². The SMILES string of the molecule is CCCCCCCCC/C=C\CCCCCCCC(=O)OCCCCCCCCCCCCCC/C=C\CCCCCCCCCCCCCCCCCCCC(=O)NC(CO)C(O)CCCCCCCCCCCCCCCCCCCCCC. The number of hydrogen-bond acceptors (Lipinski definition) is 5. The Balaban J connectivity index is 3.35. The molecule has 0 radical (unpaired) electrons. The predicted octanol–water partition coefficient (Wildman–Crippen LogP) is 26.0. The number of unbranched alkanes of at least 4 members (excludes halogenated alkanes) is 60. The summed E-state index contributed by atoms with van der Waals surface area (Å²) < 4.78 is 5.50. The number of nitrogens with one attached hydrogen (secondary N) is 1. The first-order chi connectivity index (χ1) is 42.5. The van der Waals surface area contributed by atoms with Crippen molar-refractivity contribution >= 4 is 11.9 Å². The zero-order valence-corrected chi connectivity index (χ0v) is 58.6. The van der Waals surface area contributed by atoms with Crippen LogP contribution in [0.4, 0.5) is 0 Å². The highest BCUT2D eigenvalue weighted by atomic mass is 16.5. The van der Waals surface area contributed by atoms with Crippen LogP contribution in [-0.4, -0.2) is 47.4 Å². The number of hydrogen-bond donors (Lipinski definition) is 3. The van der Waals surface area contributed by atoms with Crippen molar-refractivity contribution in [3.05, 3.63) is 24.3 Å². The van der Waals surface area contributed by atoms with E-state index in [4.69, 9.17) is 4.74 Å². The molecule has 0 spiro atoms. The van der Waals surface area contributed by atoms with Crippen LogP contribution in [-0.2, 0) is 14.3 Å². The van der Waals surface area contributed by atoms with Gasteiger partial charge in [-0.1, -0.05) is 385 Å². The first kappa shape index (κ1) is 84.3. The standard InChI is InChI=1S/C80H155NO5/c1-3-5-7-9-11-13-15-17-19-21-22-38-41-44-48-52-56-60-64-68-72-78(83)77(76-82)81-79(84)73-69-65-61-57-53-49-45-42-39-36-34-32-30-28-26-24-23-25-27-29-31-33-35-37-40-43-47-51-55-59-63-67-71-75-86-80(85)74-70-66-62-58-54-50-46-20-18-16-14-12-10-8-6-4-2/h20,27,29,46,77-78,82-83H,3-19,21-26,28,30-45,47-76H2,1-2H3,(H,81,84)/b29-27-,46-20-. The van der Waals surface area contributed by atoms with Gasteiger partial charge in [-0.3, -0.25) is 9.59 Å². The maximum Gasteiger partial charge on any atom is 0.305 e. The third kappa shape index (κ3) is 71.4. The van der Waals surface area contributed by atoms with Gasteiger partial charge in [0.25, 0.3) is 0 Å². The summed E-state index contributed by atoms with van der Waals surface area (Å²) in [5.74, 6) is -0.0146. The van der Waals surface area contributed by atoms with E-state index in [2.05, 4.69) is 43.5 Å². The molecule has 0 aromatic rings. The molecule has 86 heavy (non-hydrogen) atoms. The number of amides is 1. The second-order valence-electron chi connectivity index (χ2n) is 27.4. The van der Waals surface area contributed by atoms with E-state index in [-0.39, 0.29) is 18.5 Å². The average molecular weight is 1210 g/mol. The van der Waals surface area contributed by atoms with Gasteiger partial charge in [0.1, 0.15) is 0 Å². The zero-order valence-electron chi connectivity index (χ0n) is 58.6. The van der Waals surface area contributed by atoms with E-state index in [0.717, 1.165) is 44.9 Å². The minimum Gasteiger partial charge on any atom is -0.466 e. The van der Waals surface area contributed by atoms with Gasteiger partial charge in [0.2, 0.25) is 5.91 Å². The molecule has 1 amide bonds. The van der Waals surface area contributed by atoms with E-state index in [1.165, 1.54) is 372 Å². The van der Waals surface area contributed by atoms with Crippen LogP contribution in [0.1, 0.15) is 450 Å². The van der Waals surface area contributed by atoms with Crippen molar-refractivity contribution < 1.29 is 24.5 Å². The summed E-state index contributed by atoms with van der Waals surface area (Å²) in [6.07, 6.45) is 97.0. The molecule has 6 nitrogen and oxygen atoms in total. The summed E-state index contributed by atoms with van der Waals surface area (Å²) in [5.41, 5.74) is 0. The Bertz CT molecular complexity index is 1350. The second-order valence-corrected chi connectivity index (χ2v) is 27.4. The van der Waals surface area contributed by atoms with Crippen molar-refractivity contribution in [2.24, 2.45) is 0 Å². The van der Waals surface area contributed by atoms with Crippen molar-refractivity contribution in [2.45, 2.75) is 463 Å². The van der Waals surface area contributed by atoms with Gasteiger partial charge in [-0.25, -0.2) is 0 Å². The first-order valence-electron chi connectivity index (χ1n) is 39.6. The lowest BCUT2D eigenvalue weighted by atomic mass is 10.0. The lowest BCUT2D eigenvalue weighted by Crippen LogP contribution is -2.45. The number of esters is 1. The molecular weight excluding hydrogens is 1050 g/mol. The Morgan fingerprint density at radius 3 is 0.826 bits per heavy atom.